The van der Waals surface area contributed by atoms with Gasteiger partial charge in [-0.05, 0) is 100 Å². The summed E-state index contributed by atoms with van der Waals surface area (Å²) in [5.41, 5.74) is 20.3. The highest BCUT2D eigenvalue weighted by molar-refractivity contribution is 5.76. The Morgan fingerprint density at radius 2 is 1.90 bits per heavy atom. The van der Waals surface area contributed by atoms with Crippen LogP contribution >= 0.6 is 0 Å². The second-order valence-corrected chi connectivity index (χ2v) is 11.1. The van der Waals surface area contributed by atoms with Gasteiger partial charge in [-0.15, -0.1) is 0 Å². The third kappa shape index (κ3) is 7.06. The molecule has 8 N–H and O–H groups in total. The molecule has 0 amide bonds. The SMILES string of the molecule is NC[C@H]1C[C@@H](CCN=C(N)N)C[C@H](c2ccc(-n3cc4cc(CCCC5CCNCC5)[nH]c4nc3=O)cc2)O1. The van der Waals surface area contributed by atoms with Crippen LogP contribution in [0.2, 0.25) is 0 Å². The number of hydrogen-bond acceptors (Lipinski definition) is 6. The van der Waals surface area contributed by atoms with Crippen LogP contribution in [0.15, 0.2) is 46.3 Å². The van der Waals surface area contributed by atoms with Crippen molar-refractivity contribution in [2.75, 3.05) is 26.2 Å². The molecule has 0 radical (unpaired) electrons. The number of fused-ring (bicyclic) bond motifs is 1. The van der Waals surface area contributed by atoms with Gasteiger partial charge in [-0.3, -0.25) is 9.56 Å². The highest BCUT2D eigenvalue weighted by Gasteiger charge is 2.29. The molecule has 0 unspecified atom stereocenters. The summed E-state index contributed by atoms with van der Waals surface area (Å²) in [5, 5.41) is 4.38. The van der Waals surface area contributed by atoms with Gasteiger partial charge in [0, 0.05) is 30.4 Å². The van der Waals surface area contributed by atoms with Crippen molar-refractivity contribution in [3.05, 3.63) is 58.3 Å². The summed E-state index contributed by atoms with van der Waals surface area (Å²) in [6.07, 6.45) is 10.4. The number of aryl methyl sites for hydroxylation is 1. The number of aromatic nitrogens is 3. The van der Waals surface area contributed by atoms with Crippen molar-refractivity contribution in [3.8, 4) is 5.69 Å². The minimum absolute atomic E-state index is 0.00400. The number of rotatable bonds is 10. The van der Waals surface area contributed by atoms with E-state index in [4.69, 9.17) is 21.9 Å². The molecule has 2 aromatic heterocycles. The first-order valence-electron chi connectivity index (χ1n) is 14.3. The lowest BCUT2D eigenvalue weighted by atomic mass is 9.86. The van der Waals surface area contributed by atoms with Crippen molar-refractivity contribution in [3.63, 3.8) is 0 Å². The van der Waals surface area contributed by atoms with Crippen LogP contribution < -0.4 is 28.2 Å². The molecule has 210 valence electrons. The van der Waals surface area contributed by atoms with Gasteiger partial charge in [-0.1, -0.05) is 12.1 Å². The van der Waals surface area contributed by atoms with Crippen LogP contribution in [0.4, 0.5) is 0 Å². The van der Waals surface area contributed by atoms with Crippen LogP contribution in [0, 0.1) is 11.8 Å². The Bertz CT molecular complexity index is 1310. The molecule has 4 heterocycles. The van der Waals surface area contributed by atoms with Gasteiger partial charge in [-0.25, -0.2) is 4.79 Å². The summed E-state index contributed by atoms with van der Waals surface area (Å²) in [5.74, 6) is 1.37. The Morgan fingerprint density at radius 1 is 1.10 bits per heavy atom. The molecule has 0 spiro atoms. The second kappa shape index (κ2) is 12.8. The fourth-order valence-corrected chi connectivity index (χ4v) is 6.06. The Kier molecular flexibility index (Phi) is 8.95. The molecule has 2 saturated heterocycles. The summed E-state index contributed by atoms with van der Waals surface area (Å²) in [6, 6.07) is 10.1. The Morgan fingerprint density at radius 3 is 2.64 bits per heavy atom. The number of piperidine rings is 1. The van der Waals surface area contributed by atoms with Gasteiger partial charge in [0.25, 0.3) is 0 Å². The average Bonchev–Trinajstić information content (AvgIpc) is 3.34. The van der Waals surface area contributed by atoms with Crippen molar-refractivity contribution in [2.45, 2.75) is 63.6 Å². The highest BCUT2D eigenvalue weighted by atomic mass is 16.5. The van der Waals surface area contributed by atoms with Gasteiger partial charge in [-0.2, -0.15) is 4.98 Å². The van der Waals surface area contributed by atoms with E-state index in [0.29, 0.717) is 24.7 Å². The van der Waals surface area contributed by atoms with Gasteiger partial charge in [0.15, 0.2) is 5.96 Å². The molecule has 3 atom stereocenters. The van der Waals surface area contributed by atoms with E-state index in [2.05, 4.69) is 26.3 Å². The zero-order valence-electron chi connectivity index (χ0n) is 22.6. The minimum Gasteiger partial charge on any atom is -0.370 e. The molecule has 10 heteroatoms. The molecule has 2 aliphatic rings. The molecule has 1 aromatic carbocycles. The zero-order valence-corrected chi connectivity index (χ0v) is 22.6. The molecule has 3 aromatic rings. The van der Waals surface area contributed by atoms with Gasteiger partial charge < -0.3 is 32.2 Å². The number of aliphatic imine (C=N–C) groups is 1. The Balaban J connectivity index is 1.25. The summed E-state index contributed by atoms with van der Waals surface area (Å²) in [6.45, 7) is 3.35. The van der Waals surface area contributed by atoms with E-state index in [0.717, 1.165) is 73.4 Å². The standard InChI is InChI=1S/C29H42N8O2/c30-17-25-14-20(10-13-34-28(31)32)15-26(39-25)21-4-6-24(7-5-21)37-18-22-16-23(35-27(22)36-29(37)38)3-1-2-19-8-11-33-12-9-19/h4-7,16,18-20,25-26,33H,1-3,8-15,17,30H2,(H4,31,32,34)(H,35,36,38)/t20-,25-,26-/m1/s1. The van der Waals surface area contributed by atoms with E-state index in [1.165, 1.54) is 19.3 Å². The van der Waals surface area contributed by atoms with E-state index in [-0.39, 0.29) is 23.9 Å². The van der Waals surface area contributed by atoms with Crippen molar-refractivity contribution in [2.24, 2.45) is 34.0 Å². The number of H-pyrrole nitrogens is 1. The first-order chi connectivity index (χ1) is 19.0. The van der Waals surface area contributed by atoms with Gasteiger partial charge in [0.2, 0.25) is 0 Å². The highest BCUT2D eigenvalue weighted by Crippen LogP contribution is 2.36. The van der Waals surface area contributed by atoms with E-state index in [1.807, 2.05) is 30.5 Å². The molecule has 39 heavy (non-hydrogen) atoms. The number of benzene rings is 1. The Labute approximate surface area is 229 Å². The zero-order chi connectivity index (χ0) is 27.2. The normalized spacial score (nSPS) is 22.2. The third-order valence-electron chi connectivity index (χ3n) is 8.22. The largest absolute Gasteiger partial charge is 0.370 e. The number of ether oxygens (including phenoxy) is 1. The van der Waals surface area contributed by atoms with Crippen LogP contribution in [0.3, 0.4) is 0 Å². The summed E-state index contributed by atoms with van der Waals surface area (Å²) >= 11 is 0. The Hall–Kier alpha value is -3.21. The van der Waals surface area contributed by atoms with Crippen molar-refractivity contribution in [1.82, 2.24) is 19.9 Å². The quantitative estimate of drug-likeness (QED) is 0.197. The van der Waals surface area contributed by atoms with Crippen LogP contribution in [0.5, 0.6) is 0 Å². The lowest BCUT2D eigenvalue weighted by molar-refractivity contribution is -0.0690. The number of nitrogens with one attached hydrogen (secondary N) is 2. The van der Waals surface area contributed by atoms with E-state index in [1.54, 1.807) is 4.57 Å². The molecule has 0 saturated carbocycles. The topological polar surface area (TPSA) is 162 Å². The monoisotopic (exact) mass is 534 g/mol. The second-order valence-electron chi connectivity index (χ2n) is 11.1. The van der Waals surface area contributed by atoms with Gasteiger partial charge in [0.1, 0.15) is 5.65 Å². The number of hydrogen-bond donors (Lipinski definition) is 5. The molecule has 0 bridgehead atoms. The maximum absolute atomic E-state index is 12.9. The fraction of sp³-hybridized carbons (Fsp3) is 0.552. The van der Waals surface area contributed by atoms with Gasteiger partial charge in [0.05, 0.1) is 17.9 Å². The first kappa shape index (κ1) is 27.4. The molecule has 2 fully saturated rings. The van der Waals surface area contributed by atoms with Crippen LogP contribution in [-0.2, 0) is 11.2 Å². The maximum Gasteiger partial charge on any atom is 0.354 e. The van der Waals surface area contributed by atoms with E-state index in [9.17, 15) is 4.79 Å². The first-order valence-corrected chi connectivity index (χ1v) is 14.3. The number of aromatic amines is 1. The predicted molar refractivity (Wildman–Crippen MR) is 155 cm³/mol. The number of guanidine groups is 1. The lowest BCUT2D eigenvalue weighted by Crippen LogP contribution is -2.34. The fourth-order valence-electron chi connectivity index (χ4n) is 6.06. The average molecular weight is 535 g/mol. The lowest BCUT2D eigenvalue weighted by Gasteiger charge is -2.35. The van der Waals surface area contributed by atoms with Gasteiger partial charge >= 0.3 is 5.69 Å². The van der Waals surface area contributed by atoms with Crippen molar-refractivity contribution >= 4 is 17.0 Å². The predicted octanol–water partition coefficient (Wildman–Crippen LogP) is 2.49. The molecule has 10 nitrogen and oxygen atoms in total. The molecule has 0 aliphatic carbocycles. The molecular weight excluding hydrogens is 492 g/mol. The van der Waals surface area contributed by atoms with Crippen molar-refractivity contribution in [1.29, 1.82) is 0 Å². The summed E-state index contributed by atoms with van der Waals surface area (Å²) in [4.78, 5) is 24.7. The van der Waals surface area contributed by atoms with Crippen molar-refractivity contribution < 1.29 is 4.74 Å². The summed E-state index contributed by atoms with van der Waals surface area (Å²) < 4.78 is 7.89. The number of nitrogens with two attached hydrogens (primary N) is 3. The van der Waals surface area contributed by atoms with E-state index < -0.39 is 0 Å². The number of nitrogens with zero attached hydrogens (tertiary/aromatic N) is 3. The summed E-state index contributed by atoms with van der Waals surface area (Å²) in [7, 11) is 0. The molecule has 5 rings (SSSR count). The minimum atomic E-state index is -0.296. The van der Waals surface area contributed by atoms with Crippen LogP contribution in [-0.4, -0.2) is 52.8 Å². The van der Waals surface area contributed by atoms with Crippen LogP contribution in [0.25, 0.3) is 16.7 Å². The smallest absolute Gasteiger partial charge is 0.354 e. The molecule has 2 aliphatic heterocycles. The maximum atomic E-state index is 12.9. The molecular formula is C29H42N8O2. The van der Waals surface area contributed by atoms with E-state index >= 15 is 0 Å². The van der Waals surface area contributed by atoms with Crippen LogP contribution in [0.1, 0.15) is 62.3 Å². The third-order valence-corrected chi connectivity index (χ3v) is 8.22.